The van der Waals surface area contributed by atoms with Gasteiger partial charge in [-0.05, 0) is 32.8 Å². The number of aromatic nitrogens is 1. The molecule has 1 atom stereocenters. The van der Waals surface area contributed by atoms with Crippen LogP contribution in [0.5, 0.6) is 0 Å². The number of anilines is 1. The first-order valence-electron chi connectivity index (χ1n) is 6.00. The Hall–Kier alpha value is -2.18. The minimum Gasteiger partial charge on any atom is -0.481 e. The zero-order valence-corrected chi connectivity index (χ0v) is 10.9. The van der Waals surface area contributed by atoms with Gasteiger partial charge in [-0.3, -0.25) is 14.9 Å². The van der Waals surface area contributed by atoms with Crippen molar-refractivity contribution in [1.82, 2.24) is 4.98 Å². The lowest BCUT2D eigenvalue weighted by Gasteiger charge is -2.14. The van der Waals surface area contributed by atoms with Gasteiger partial charge in [0.1, 0.15) is 0 Å². The SMILES string of the molecule is Cc1ccnc(NC(C)CCCC(=O)O)c1[N+](=O)[O-]. The van der Waals surface area contributed by atoms with E-state index in [9.17, 15) is 14.9 Å². The number of hydrogen-bond acceptors (Lipinski definition) is 5. The van der Waals surface area contributed by atoms with Gasteiger partial charge in [0.05, 0.1) is 4.92 Å². The average Bonchev–Trinajstić information content (AvgIpc) is 2.27. The van der Waals surface area contributed by atoms with E-state index in [2.05, 4.69) is 10.3 Å². The Labute approximate surface area is 110 Å². The average molecular weight is 267 g/mol. The predicted molar refractivity (Wildman–Crippen MR) is 70.2 cm³/mol. The van der Waals surface area contributed by atoms with Crippen molar-refractivity contribution in [2.45, 2.75) is 39.2 Å². The molecule has 0 aliphatic carbocycles. The molecule has 0 aliphatic rings. The molecule has 1 heterocycles. The monoisotopic (exact) mass is 267 g/mol. The fourth-order valence-electron chi connectivity index (χ4n) is 1.75. The van der Waals surface area contributed by atoms with Gasteiger partial charge >= 0.3 is 11.7 Å². The van der Waals surface area contributed by atoms with Crippen molar-refractivity contribution in [3.05, 3.63) is 27.9 Å². The molecule has 7 heteroatoms. The fraction of sp³-hybridized carbons (Fsp3) is 0.500. The number of carbonyl (C=O) groups is 1. The summed E-state index contributed by atoms with van der Waals surface area (Å²) >= 11 is 0. The lowest BCUT2D eigenvalue weighted by Crippen LogP contribution is -2.17. The molecular formula is C12H17N3O4. The molecule has 7 nitrogen and oxygen atoms in total. The summed E-state index contributed by atoms with van der Waals surface area (Å²) < 4.78 is 0. The van der Waals surface area contributed by atoms with Gasteiger partial charge in [-0.25, -0.2) is 4.98 Å². The van der Waals surface area contributed by atoms with E-state index in [4.69, 9.17) is 5.11 Å². The molecule has 0 fully saturated rings. The van der Waals surface area contributed by atoms with E-state index in [1.54, 1.807) is 13.0 Å². The molecule has 0 aliphatic heterocycles. The fourth-order valence-corrected chi connectivity index (χ4v) is 1.75. The van der Waals surface area contributed by atoms with E-state index in [0.29, 0.717) is 18.4 Å². The number of carboxylic acids is 1. The van der Waals surface area contributed by atoms with Crippen LogP contribution in [0.4, 0.5) is 11.5 Å². The molecular weight excluding hydrogens is 250 g/mol. The summed E-state index contributed by atoms with van der Waals surface area (Å²) in [6, 6.07) is 1.51. The van der Waals surface area contributed by atoms with Gasteiger partial charge in [-0.1, -0.05) is 0 Å². The summed E-state index contributed by atoms with van der Waals surface area (Å²) in [5.41, 5.74) is 0.507. The molecule has 0 saturated carbocycles. The number of aryl methyl sites for hydroxylation is 1. The standard InChI is InChI=1S/C12H17N3O4/c1-8-6-7-13-12(11(8)15(18)19)14-9(2)4-3-5-10(16)17/h6-7,9H,3-5H2,1-2H3,(H,13,14)(H,16,17). The number of nitrogens with zero attached hydrogens (tertiary/aromatic N) is 2. The van der Waals surface area contributed by atoms with Gasteiger partial charge < -0.3 is 10.4 Å². The number of pyridine rings is 1. The van der Waals surface area contributed by atoms with Crippen molar-refractivity contribution in [3.8, 4) is 0 Å². The Morgan fingerprint density at radius 2 is 2.32 bits per heavy atom. The molecule has 0 saturated heterocycles. The molecule has 0 radical (unpaired) electrons. The van der Waals surface area contributed by atoms with Crippen LogP contribution in [0.25, 0.3) is 0 Å². The molecule has 1 aromatic rings. The lowest BCUT2D eigenvalue weighted by molar-refractivity contribution is -0.384. The van der Waals surface area contributed by atoms with Crippen LogP contribution in [0.1, 0.15) is 31.7 Å². The summed E-state index contributed by atoms with van der Waals surface area (Å²) in [4.78, 5) is 24.9. The Bertz CT molecular complexity index is 476. The van der Waals surface area contributed by atoms with E-state index in [-0.39, 0.29) is 24.0 Å². The molecule has 0 amide bonds. The second kappa shape index (κ2) is 6.67. The molecule has 0 aromatic carbocycles. The maximum Gasteiger partial charge on any atom is 0.314 e. The maximum atomic E-state index is 11.0. The normalized spacial score (nSPS) is 11.9. The first-order chi connectivity index (χ1) is 8.91. The van der Waals surface area contributed by atoms with Crippen LogP contribution in [0, 0.1) is 17.0 Å². The van der Waals surface area contributed by atoms with Gasteiger partial charge in [0, 0.05) is 24.2 Å². The summed E-state index contributed by atoms with van der Waals surface area (Å²) in [6.45, 7) is 3.50. The van der Waals surface area contributed by atoms with Crippen LogP contribution < -0.4 is 5.32 Å². The number of aliphatic carboxylic acids is 1. The predicted octanol–water partition coefficient (Wildman–Crippen LogP) is 2.35. The van der Waals surface area contributed by atoms with Crippen LogP contribution in [-0.4, -0.2) is 27.0 Å². The van der Waals surface area contributed by atoms with Crippen LogP contribution >= 0.6 is 0 Å². The second-order valence-corrected chi connectivity index (χ2v) is 4.41. The first-order valence-corrected chi connectivity index (χ1v) is 6.00. The summed E-state index contributed by atoms with van der Waals surface area (Å²) in [7, 11) is 0. The largest absolute Gasteiger partial charge is 0.481 e. The van der Waals surface area contributed by atoms with Gasteiger partial charge in [-0.15, -0.1) is 0 Å². The van der Waals surface area contributed by atoms with Crippen molar-refractivity contribution in [3.63, 3.8) is 0 Å². The van der Waals surface area contributed by atoms with E-state index >= 15 is 0 Å². The zero-order chi connectivity index (χ0) is 14.4. The third kappa shape index (κ3) is 4.53. The highest BCUT2D eigenvalue weighted by atomic mass is 16.6. The highest BCUT2D eigenvalue weighted by Crippen LogP contribution is 2.26. The summed E-state index contributed by atoms with van der Waals surface area (Å²) in [6.07, 6.45) is 2.73. The molecule has 2 N–H and O–H groups in total. The van der Waals surface area contributed by atoms with Gasteiger partial charge in [-0.2, -0.15) is 0 Å². The van der Waals surface area contributed by atoms with E-state index in [1.807, 2.05) is 6.92 Å². The third-order valence-electron chi connectivity index (χ3n) is 2.72. The van der Waals surface area contributed by atoms with Crippen molar-refractivity contribution in [1.29, 1.82) is 0 Å². The van der Waals surface area contributed by atoms with E-state index in [0.717, 1.165) is 0 Å². The minimum atomic E-state index is -0.841. The second-order valence-electron chi connectivity index (χ2n) is 4.41. The lowest BCUT2D eigenvalue weighted by atomic mass is 10.1. The Morgan fingerprint density at radius 1 is 1.63 bits per heavy atom. The number of carboxylic acid groups (broad SMARTS) is 1. The number of rotatable bonds is 7. The molecule has 1 unspecified atom stereocenters. The van der Waals surface area contributed by atoms with Crippen molar-refractivity contribution >= 4 is 17.5 Å². The molecule has 0 bridgehead atoms. The van der Waals surface area contributed by atoms with Crippen LogP contribution in [-0.2, 0) is 4.79 Å². The van der Waals surface area contributed by atoms with E-state index < -0.39 is 10.9 Å². The topological polar surface area (TPSA) is 105 Å². The first kappa shape index (κ1) is 14.9. The van der Waals surface area contributed by atoms with Gasteiger partial charge in [0.2, 0.25) is 5.82 Å². The highest BCUT2D eigenvalue weighted by Gasteiger charge is 2.19. The van der Waals surface area contributed by atoms with E-state index in [1.165, 1.54) is 6.20 Å². The van der Waals surface area contributed by atoms with Crippen molar-refractivity contribution < 1.29 is 14.8 Å². The summed E-state index contributed by atoms with van der Waals surface area (Å²) in [5.74, 6) is -0.611. The number of nitrogens with one attached hydrogen (secondary N) is 1. The zero-order valence-electron chi connectivity index (χ0n) is 10.9. The third-order valence-corrected chi connectivity index (χ3v) is 2.72. The van der Waals surface area contributed by atoms with Crippen molar-refractivity contribution in [2.75, 3.05) is 5.32 Å². The van der Waals surface area contributed by atoms with Crippen molar-refractivity contribution in [2.24, 2.45) is 0 Å². The van der Waals surface area contributed by atoms with Crippen LogP contribution in [0.3, 0.4) is 0 Å². The molecule has 19 heavy (non-hydrogen) atoms. The maximum absolute atomic E-state index is 11.0. The molecule has 0 spiro atoms. The van der Waals surface area contributed by atoms with Gasteiger partial charge in [0.15, 0.2) is 0 Å². The number of hydrogen-bond donors (Lipinski definition) is 2. The molecule has 1 aromatic heterocycles. The van der Waals surface area contributed by atoms with Gasteiger partial charge in [0.25, 0.3) is 0 Å². The number of nitro groups is 1. The minimum absolute atomic E-state index is 0.0346. The Morgan fingerprint density at radius 3 is 2.89 bits per heavy atom. The highest BCUT2D eigenvalue weighted by molar-refractivity contribution is 5.66. The Balaban J connectivity index is 2.68. The quantitative estimate of drug-likeness (QED) is 0.580. The Kier molecular flexibility index (Phi) is 5.23. The van der Waals surface area contributed by atoms with Crippen LogP contribution in [0.15, 0.2) is 12.3 Å². The smallest absolute Gasteiger partial charge is 0.314 e. The summed E-state index contributed by atoms with van der Waals surface area (Å²) in [5, 5.41) is 22.5. The molecule has 1 rings (SSSR count). The molecule has 104 valence electrons. The van der Waals surface area contributed by atoms with Crippen LogP contribution in [0.2, 0.25) is 0 Å².